The van der Waals surface area contributed by atoms with Crippen LogP contribution in [0.2, 0.25) is 0 Å². The zero-order chi connectivity index (χ0) is 18.1. The molecule has 0 saturated heterocycles. The number of aromatic hydroxyl groups is 1. The number of guanidine groups is 1. The van der Waals surface area contributed by atoms with Gasteiger partial charge in [0.25, 0.3) is 0 Å². The molecule has 7 heteroatoms. The summed E-state index contributed by atoms with van der Waals surface area (Å²) in [6.45, 7) is 8.30. The average Bonchev–Trinajstić information content (AvgIpc) is 2.55. The number of benzene rings is 1. The first-order chi connectivity index (χ1) is 11.4. The first-order valence-corrected chi connectivity index (χ1v) is 8.17. The SMILES string of the molecule is CCNC(=NCc1ccc(O)c(F)c1)N(C)CC(=O)N(CC)CC. The molecule has 0 aliphatic rings. The maximum atomic E-state index is 13.4. The molecule has 6 nitrogen and oxygen atoms in total. The van der Waals surface area contributed by atoms with Crippen LogP contribution in [0.15, 0.2) is 23.2 Å². The number of amides is 1. The van der Waals surface area contributed by atoms with Crippen LogP contribution in [0.5, 0.6) is 5.75 Å². The first-order valence-electron chi connectivity index (χ1n) is 8.17. The van der Waals surface area contributed by atoms with Gasteiger partial charge in [-0.1, -0.05) is 6.07 Å². The molecule has 0 aliphatic carbocycles. The number of aliphatic imine (C=N–C) groups is 1. The molecule has 0 aromatic heterocycles. The maximum absolute atomic E-state index is 13.4. The van der Waals surface area contributed by atoms with E-state index in [1.54, 1.807) is 22.9 Å². The fourth-order valence-electron chi connectivity index (χ4n) is 2.24. The van der Waals surface area contributed by atoms with Crippen LogP contribution in [0.1, 0.15) is 26.3 Å². The molecule has 0 fully saturated rings. The van der Waals surface area contributed by atoms with Gasteiger partial charge in [0.2, 0.25) is 5.91 Å². The summed E-state index contributed by atoms with van der Waals surface area (Å²) < 4.78 is 13.4. The van der Waals surface area contributed by atoms with Crippen molar-refractivity contribution >= 4 is 11.9 Å². The number of hydrogen-bond donors (Lipinski definition) is 2. The average molecular weight is 338 g/mol. The summed E-state index contributed by atoms with van der Waals surface area (Å²) in [6, 6.07) is 4.18. The lowest BCUT2D eigenvalue weighted by atomic mass is 10.2. The van der Waals surface area contributed by atoms with Gasteiger partial charge in [0.1, 0.15) is 0 Å². The third-order valence-corrected chi connectivity index (χ3v) is 3.61. The summed E-state index contributed by atoms with van der Waals surface area (Å²) in [6.07, 6.45) is 0. The van der Waals surface area contributed by atoms with Crippen LogP contribution in [-0.4, -0.2) is 60.0 Å². The number of nitrogens with one attached hydrogen (secondary N) is 1. The minimum atomic E-state index is -0.669. The highest BCUT2D eigenvalue weighted by molar-refractivity contribution is 5.86. The van der Waals surface area contributed by atoms with Gasteiger partial charge < -0.3 is 20.2 Å². The fraction of sp³-hybridized carbons (Fsp3) is 0.529. The molecule has 0 atom stereocenters. The smallest absolute Gasteiger partial charge is 0.242 e. The van der Waals surface area contributed by atoms with Gasteiger partial charge in [-0.2, -0.15) is 0 Å². The van der Waals surface area contributed by atoms with Crippen molar-refractivity contribution in [3.8, 4) is 5.75 Å². The van der Waals surface area contributed by atoms with Crippen molar-refractivity contribution in [2.24, 2.45) is 4.99 Å². The van der Waals surface area contributed by atoms with Gasteiger partial charge in [-0.05, 0) is 38.5 Å². The molecule has 0 bridgehead atoms. The molecular weight excluding hydrogens is 311 g/mol. The largest absolute Gasteiger partial charge is 0.505 e. The summed E-state index contributed by atoms with van der Waals surface area (Å²) in [5, 5.41) is 12.3. The van der Waals surface area contributed by atoms with Crippen molar-refractivity contribution < 1.29 is 14.3 Å². The fourth-order valence-corrected chi connectivity index (χ4v) is 2.24. The maximum Gasteiger partial charge on any atom is 0.242 e. The topological polar surface area (TPSA) is 68.2 Å². The van der Waals surface area contributed by atoms with E-state index in [4.69, 9.17) is 0 Å². The lowest BCUT2D eigenvalue weighted by Crippen LogP contribution is -2.45. The Morgan fingerprint density at radius 3 is 2.50 bits per heavy atom. The third-order valence-electron chi connectivity index (χ3n) is 3.61. The number of halogens is 1. The second-order valence-corrected chi connectivity index (χ2v) is 5.38. The van der Waals surface area contributed by atoms with E-state index in [2.05, 4.69) is 10.3 Å². The van der Waals surface area contributed by atoms with Crippen molar-refractivity contribution in [2.75, 3.05) is 33.2 Å². The Balaban J connectivity index is 2.80. The molecule has 1 rings (SSSR count). The normalized spacial score (nSPS) is 11.3. The van der Waals surface area contributed by atoms with Crippen LogP contribution >= 0.6 is 0 Å². The highest BCUT2D eigenvalue weighted by atomic mass is 19.1. The van der Waals surface area contributed by atoms with Crippen LogP contribution < -0.4 is 5.32 Å². The van der Waals surface area contributed by atoms with E-state index in [0.29, 0.717) is 31.2 Å². The summed E-state index contributed by atoms with van der Waals surface area (Å²) >= 11 is 0. The molecule has 1 amide bonds. The number of nitrogens with zero attached hydrogens (tertiary/aromatic N) is 3. The standard InChI is InChI=1S/C17H27FN4O2/c1-5-19-17(21(4)12-16(24)22(6-2)7-3)20-11-13-8-9-15(23)14(18)10-13/h8-10,23H,5-7,11-12H2,1-4H3,(H,19,20). The lowest BCUT2D eigenvalue weighted by molar-refractivity contribution is -0.131. The molecular formula is C17H27FN4O2. The van der Waals surface area contributed by atoms with E-state index < -0.39 is 5.82 Å². The van der Waals surface area contributed by atoms with E-state index in [1.165, 1.54) is 12.1 Å². The van der Waals surface area contributed by atoms with Crippen LogP contribution in [0.3, 0.4) is 0 Å². The quantitative estimate of drug-likeness (QED) is 0.588. The molecule has 134 valence electrons. The Kier molecular flexibility index (Phi) is 8.01. The summed E-state index contributed by atoms with van der Waals surface area (Å²) in [4.78, 5) is 20.1. The van der Waals surface area contributed by atoms with Gasteiger partial charge >= 0.3 is 0 Å². The number of rotatable bonds is 7. The van der Waals surface area contributed by atoms with Gasteiger partial charge in [0.05, 0.1) is 13.1 Å². The van der Waals surface area contributed by atoms with E-state index in [9.17, 15) is 14.3 Å². The summed E-state index contributed by atoms with van der Waals surface area (Å²) in [7, 11) is 1.79. The highest BCUT2D eigenvalue weighted by Gasteiger charge is 2.15. The van der Waals surface area contributed by atoms with Gasteiger partial charge in [-0.15, -0.1) is 0 Å². The summed E-state index contributed by atoms with van der Waals surface area (Å²) in [5.41, 5.74) is 0.643. The monoisotopic (exact) mass is 338 g/mol. The second kappa shape index (κ2) is 9.75. The summed E-state index contributed by atoms with van der Waals surface area (Å²) in [5.74, 6) is -0.440. The molecule has 2 N–H and O–H groups in total. The van der Waals surface area contributed by atoms with Gasteiger partial charge in [0.15, 0.2) is 17.5 Å². The first kappa shape index (κ1) is 19.7. The molecule has 0 saturated carbocycles. The van der Waals surface area contributed by atoms with E-state index in [-0.39, 0.29) is 24.7 Å². The molecule has 0 radical (unpaired) electrons. The van der Waals surface area contributed by atoms with E-state index >= 15 is 0 Å². The molecule has 0 unspecified atom stereocenters. The van der Waals surface area contributed by atoms with E-state index in [0.717, 1.165) is 0 Å². The van der Waals surface area contributed by atoms with E-state index in [1.807, 2.05) is 20.8 Å². The Morgan fingerprint density at radius 1 is 1.29 bits per heavy atom. The van der Waals surface area contributed by atoms with Crippen LogP contribution in [0.25, 0.3) is 0 Å². The van der Waals surface area contributed by atoms with Crippen molar-refractivity contribution in [1.29, 1.82) is 0 Å². The van der Waals surface area contributed by atoms with Gasteiger partial charge in [-0.3, -0.25) is 4.79 Å². The molecule has 0 heterocycles. The molecule has 1 aromatic rings. The van der Waals surface area contributed by atoms with Gasteiger partial charge in [0, 0.05) is 26.7 Å². The van der Waals surface area contributed by atoms with Crippen molar-refractivity contribution in [3.63, 3.8) is 0 Å². The Hall–Kier alpha value is -2.31. The predicted octanol–water partition coefficient (Wildman–Crippen LogP) is 1.80. The zero-order valence-electron chi connectivity index (χ0n) is 14.8. The number of carbonyl (C=O) groups excluding carboxylic acids is 1. The van der Waals surface area contributed by atoms with Crippen LogP contribution in [0.4, 0.5) is 4.39 Å². The molecule has 0 aliphatic heterocycles. The minimum Gasteiger partial charge on any atom is -0.505 e. The minimum absolute atomic E-state index is 0.0313. The Labute approximate surface area is 143 Å². The number of phenolic OH excluding ortho intramolecular Hbond substituents is 1. The molecule has 1 aromatic carbocycles. The Morgan fingerprint density at radius 2 is 1.96 bits per heavy atom. The van der Waals surface area contributed by atoms with Crippen LogP contribution in [-0.2, 0) is 11.3 Å². The second-order valence-electron chi connectivity index (χ2n) is 5.38. The van der Waals surface area contributed by atoms with Crippen molar-refractivity contribution in [3.05, 3.63) is 29.6 Å². The third kappa shape index (κ3) is 5.72. The number of hydrogen-bond acceptors (Lipinski definition) is 3. The van der Waals surface area contributed by atoms with Crippen molar-refractivity contribution in [2.45, 2.75) is 27.3 Å². The van der Waals surface area contributed by atoms with Gasteiger partial charge in [-0.25, -0.2) is 9.38 Å². The highest BCUT2D eigenvalue weighted by Crippen LogP contribution is 2.16. The predicted molar refractivity (Wildman–Crippen MR) is 93.4 cm³/mol. The number of phenols is 1. The van der Waals surface area contributed by atoms with Crippen molar-refractivity contribution in [1.82, 2.24) is 15.1 Å². The van der Waals surface area contributed by atoms with Crippen LogP contribution in [0, 0.1) is 5.82 Å². The molecule has 24 heavy (non-hydrogen) atoms. The lowest BCUT2D eigenvalue weighted by Gasteiger charge is -2.25. The Bertz CT molecular complexity index is 574. The molecule has 0 spiro atoms. The zero-order valence-corrected chi connectivity index (χ0v) is 14.8. The number of likely N-dealkylation sites (N-methyl/N-ethyl adjacent to an activating group) is 2. The number of carbonyl (C=O) groups is 1.